The minimum atomic E-state index is 0.832. The van der Waals surface area contributed by atoms with Crippen molar-refractivity contribution in [1.29, 1.82) is 0 Å². The number of fused-ring (bicyclic) bond motifs is 2. The van der Waals surface area contributed by atoms with Crippen molar-refractivity contribution in [2.75, 3.05) is 13.1 Å². The molecule has 0 atom stereocenters. The van der Waals surface area contributed by atoms with E-state index in [1.807, 2.05) is 23.7 Å². The van der Waals surface area contributed by atoms with Gasteiger partial charge in [0.15, 0.2) is 0 Å². The molecule has 6 nitrogen and oxygen atoms in total. The molecule has 0 radical (unpaired) electrons. The van der Waals surface area contributed by atoms with Gasteiger partial charge in [0.1, 0.15) is 11.2 Å². The highest BCUT2D eigenvalue weighted by Crippen LogP contribution is 2.36. The predicted octanol–water partition coefficient (Wildman–Crippen LogP) is 7.19. The molecule has 6 heterocycles. The Bertz CT molecular complexity index is 1720. The van der Waals surface area contributed by atoms with Gasteiger partial charge in [0.05, 0.1) is 16.9 Å². The van der Waals surface area contributed by atoms with Crippen LogP contribution >= 0.6 is 11.3 Å². The molecule has 6 aromatic rings. The second kappa shape index (κ2) is 9.25. The number of likely N-dealkylation sites (tertiary alicyclic amines) is 1. The van der Waals surface area contributed by atoms with Crippen LogP contribution in [-0.4, -0.2) is 43.1 Å². The van der Waals surface area contributed by atoms with E-state index in [4.69, 9.17) is 4.98 Å². The zero-order valence-corrected chi connectivity index (χ0v) is 21.6. The maximum Gasteiger partial charge on any atom is 0.135 e. The number of piperidine rings is 1. The van der Waals surface area contributed by atoms with Crippen LogP contribution in [0.1, 0.15) is 29.7 Å². The van der Waals surface area contributed by atoms with E-state index in [1.54, 1.807) is 0 Å². The van der Waals surface area contributed by atoms with Crippen LogP contribution in [0.2, 0.25) is 0 Å². The van der Waals surface area contributed by atoms with E-state index < -0.39 is 0 Å². The van der Waals surface area contributed by atoms with E-state index in [0.717, 1.165) is 45.7 Å². The van der Waals surface area contributed by atoms with Gasteiger partial charge >= 0.3 is 0 Å². The Morgan fingerprint density at radius 1 is 0.946 bits per heavy atom. The summed E-state index contributed by atoms with van der Waals surface area (Å²) in [4.78, 5) is 18.3. The molecule has 1 aliphatic rings. The minimum absolute atomic E-state index is 0.832. The van der Waals surface area contributed by atoms with Gasteiger partial charge in [-0.15, -0.1) is 11.3 Å². The molecule has 184 valence electrons. The number of nitrogens with zero attached hydrogens (tertiary/aromatic N) is 4. The fraction of sp³-hybridized carbons (Fsp3) is 0.233. The van der Waals surface area contributed by atoms with E-state index in [1.165, 1.54) is 58.6 Å². The summed E-state index contributed by atoms with van der Waals surface area (Å²) in [6.07, 6.45) is 7.81. The van der Waals surface area contributed by atoms with Crippen molar-refractivity contribution in [2.45, 2.75) is 32.7 Å². The van der Waals surface area contributed by atoms with Gasteiger partial charge in [-0.3, -0.25) is 15.0 Å². The largest absolute Gasteiger partial charge is 0.353 e. The van der Waals surface area contributed by atoms with E-state index >= 15 is 0 Å². The van der Waals surface area contributed by atoms with Gasteiger partial charge in [0.2, 0.25) is 0 Å². The Balaban J connectivity index is 1.26. The summed E-state index contributed by atoms with van der Waals surface area (Å²) in [5, 5.41) is 9.03. The molecule has 1 fully saturated rings. The predicted molar refractivity (Wildman–Crippen MR) is 152 cm³/mol. The molecule has 0 saturated carbocycles. The Kier molecular flexibility index (Phi) is 5.60. The van der Waals surface area contributed by atoms with Gasteiger partial charge in [-0.1, -0.05) is 18.6 Å². The number of hydrogen-bond donors (Lipinski definition) is 2. The average molecular weight is 505 g/mol. The maximum atomic E-state index is 5.06. The van der Waals surface area contributed by atoms with Gasteiger partial charge in [-0.25, -0.2) is 4.98 Å². The molecule has 0 amide bonds. The lowest BCUT2D eigenvalue weighted by molar-refractivity contribution is 0.220. The Hall–Kier alpha value is -3.81. The van der Waals surface area contributed by atoms with Crippen molar-refractivity contribution in [2.24, 2.45) is 0 Å². The van der Waals surface area contributed by atoms with E-state index in [-0.39, 0.29) is 0 Å². The number of aryl methyl sites for hydroxylation is 1. The summed E-state index contributed by atoms with van der Waals surface area (Å²) in [5.74, 6) is 0. The highest BCUT2D eigenvalue weighted by atomic mass is 32.1. The topological polar surface area (TPSA) is 73.5 Å². The van der Waals surface area contributed by atoms with Crippen LogP contribution in [-0.2, 0) is 6.54 Å². The molecule has 0 aliphatic carbocycles. The first kappa shape index (κ1) is 22.4. The Morgan fingerprint density at radius 3 is 2.73 bits per heavy atom. The zero-order valence-electron chi connectivity index (χ0n) is 20.8. The summed E-state index contributed by atoms with van der Waals surface area (Å²) >= 11 is 1.82. The third-order valence-electron chi connectivity index (χ3n) is 7.28. The zero-order chi connectivity index (χ0) is 24.8. The van der Waals surface area contributed by atoms with Crippen molar-refractivity contribution in [3.05, 3.63) is 77.4 Å². The molecular formula is C30H28N6S. The number of nitrogens with one attached hydrogen (secondary N) is 2. The normalized spacial score (nSPS) is 14.6. The molecular weight excluding hydrogens is 476 g/mol. The summed E-state index contributed by atoms with van der Waals surface area (Å²) in [7, 11) is 0. The number of thiophene rings is 1. The SMILES string of the molecule is Cc1ccc(-c2cccc3[nH]c(-c4n[nH]c5ccc(-c6cncc(CN7CCCCC7)c6)nc45)cc23)s1. The van der Waals surface area contributed by atoms with Gasteiger partial charge in [0.25, 0.3) is 0 Å². The van der Waals surface area contributed by atoms with E-state index in [0.29, 0.717) is 0 Å². The fourth-order valence-electron chi connectivity index (χ4n) is 5.41. The lowest BCUT2D eigenvalue weighted by Gasteiger charge is -2.26. The van der Waals surface area contributed by atoms with Crippen LogP contribution in [0.4, 0.5) is 0 Å². The monoisotopic (exact) mass is 504 g/mol. The maximum absolute atomic E-state index is 5.06. The average Bonchev–Trinajstić information content (AvgIpc) is 3.66. The summed E-state index contributed by atoms with van der Waals surface area (Å²) in [5.41, 5.74) is 9.10. The molecule has 7 heteroatoms. The van der Waals surface area contributed by atoms with E-state index in [2.05, 4.69) is 86.6 Å². The second-order valence-corrected chi connectivity index (χ2v) is 11.2. The fourth-order valence-corrected chi connectivity index (χ4v) is 6.32. The molecule has 5 aromatic heterocycles. The smallest absolute Gasteiger partial charge is 0.135 e. The first-order valence-electron chi connectivity index (χ1n) is 12.9. The number of aromatic amines is 2. The molecule has 0 spiro atoms. The second-order valence-electron chi connectivity index (χ2n) is 9.94. The lowest BCUT2D eigenvalue weighted by Crippen LogP contribution is -2.29. The first-order valence-corrected chi connectivity index (χ1v) is 13.7. The van der Waals surface area contributed by atoms with Crippen molar-refractivity contribution in [3.63, 3.8) is 0 Å². The number of pyridine rings is 2. The third-order valence-corrected chi connectivity index (χ3v) is 8.31. The molecule has 0 bridgehead atoms. The number of aromatic nitrogens is 5. The molecule has 7 rings (SSSR count). The minimum Gasteiger partial charge on any atom is -0.353 e. The summed E-state index contributed by atoms with van der Waals surface area (Å²) in [6, 6.07) is 19.3. The summed E-state index contributed by atoms with van der Waals surface area (Å²) < 4.78 is 0. The number of H-pyrrole nitrogens is 2. The molecule has 2 N–H and O–H groups in total. The van der Waals surface area contributed by atoms with Crippen LogP contribution in [0.15, 0.2) is 67.0 Å². The lowest BCUT2D eigenvalue weighted by atomic mass is 10.1. The van der Waals surface area contributed by atoms with Gasteiger partial charge in [0, 0.05) is 50.7 Å². The molecule has 37 heavy (non-hydrogen) atoms. The van der Waals surface area contributed by atoms with E-state index in [9.17, 15) is 0 Å². The molecule has 1 aliphatic heterocycles. The first-order chi connectivity index (χ1) is 18.2. The molecule has 1 saturated heterocycles. The Morgan fingerprint density at radius 2 is 1.86 bits per heavy atom. The number of hydrogen-bond acceptors (Lipinski definition) is 5. The van der Waals surface area contributed by atoms with Gasteiger partial charge in [-0.2, -0.15) is 5.10 Å². The van der Waals surface area contributed by atoms with Crippen LogP contribution in [0, 0.1) is 6.92 Å². The highest BCUT2D eigenvalue weighted by Gasteiger charge is 2.16. The van der Waals surface area contributed by atoms with Crippen molar-refractivity contribution < 1.29 is 0 Å². The molecule has 0 unspecified atom stereocenters. The summed E-state index contributed by atoms with van der Waals surface area (Å²) in [6.45, 7) is 5.44. The van der Waals surface area contributed by atoms with Crippen LogP contribution in [0.3, 0.4) is 0 Å². The van der Waals surface area contributed by atoms with Gasteiger partial charge < -0.3 is 4.98 Å². The van der Waals surface area contributed by atoms with Gasteiger partial charge in [-0.05, 0) is 80.9 Å². The van der Waals surface area contributed by atoms with Crippen molar-refractivity contribution >= 4 is 33.3 Å². The van der Waals surface area contributed by atoms with Crippen LogP contribution < -0.4 is 0 Å². The number of rotatable bonds is 5. The van der Waals surface area contributed by atoms with Crippen molar-refractivity contribution in [1.82, 2.24) is 30.0 Å². The molecule has 1 aromatic carbocycles. The van der Waals surface area contributed by atoms with Crippen molar-refractivity contribution in [3.8, 4) is 33.1 Å². The highest BCUT2D eigenvalue weighted by molar-refractivity contribution is 7.15. The Labute approximate surface area is 219 Å². The van der Waals surface area contributed by atoms with Crippen LogP contribution in [0.5, 0.6) is 0 Å². The quantitative estimate of drug-likeness (QED) is 0.261. The standard InChI is InChI=1S/C30H28N6S/c1-19-8-11-28(37-19)22-6-5-7-25-23(22)15-27(32-25)30-29-26(34-35-30)10-9-24(33-29)21-14-20(16-31-17-21)18-36-12-3-2-4-13-36/h5-11,14-17,32H,2-4,12-13,18H2,1H3,(H,34,35). The third kappa shape index (κ3) is 4.24. The van der Waals surface area contributed by atoms with Crippen LogP contribution in [0.25, 0.3) is 55.0 Å². The number of benzene rings is 1.